The molecule has 0 spiro atoms. The topological polar surface area (TPSA) is 61.8 Å². The maximum absolute atomic E-state index is 9.42. The van der Waals surface area contributed by atoms with E-state index < -0.39 is 0 Å². The number of nitrogens with one attached hydrogen (secondary N) is 1. The minimum absolute atomic E-state index is 0.268. The molecule has 18 heavy (non-hydrogen) atoms. The largest absolute Gasteiger partial charge is 0.508 e. The van der Waals surface area contributed by atoms with Crippen LogP contribution in [0.5, 0.6) is 5.75 Å². The second-order valence-corrected chi connectivity index (χ2v) is 4.97. The predicted molar refractivity (Wildman–Crippen MR) is 72.5 cm³/mol. The standard InChI is InChI=1S/C13H10BrN3O/c14-9-6-11-13(15-7-9)17-12(16-11)5-8-2-1-3-10(18)4-8/h1-4,6-7,18H,5H2,(H,15,16,17). The van der Waals surface area contributed by atoms with Gasteiger partial charge in [0.25, 0.3) is 0 Å². The molecular weight excluding hydrogens is 294 g/mol. The fourth-order valence-electron chi connectivity index (χ4n) is 1.87. The molecule has 2 aromatic heterocycles. The van der Waals surface area contributed by atoms with Crippen LogP contribution in [-0.2, 0) is 6.42 Å². The Morgan fingerprint density at radius 3 is 3.00 bits per heavy atom. The minimum atomic E-state index is 0.268. The first-order valence-corrected chi connectivity index (χ1v) is 6.28. The Balaban J connectivity index is 1.95. The molecule has 5 heteroatoms. The number of phenols is 1. The number of halogens is 1. The summed E-state index contributed by atoms with van der Waals surface area (Å²) in [7, 11) is 0. The van der Waals surface area contributed by atoms with Gasteiger partial charge in [0.15, 0.2) is 5.65 Å². The highest BCUT2D eigenvalue weighted by molar-refractivity contribution is 9.10. The van der Waals surface area contributed by atoms with Gasteiger partial charge in [-0.3, -0.25) is 0 Å². The molecule has 0 aliphatic carbocycles. The predicted octanol–water partition coefficient (Wildman–Crippen LogP) is 3.02. The van der Waals surface area contributed by atoms with Crippen LogP contribution in [0.25, 0.3) is 11.2 Å². The van der Waals surface area contributed by atoms with Crippen molar-refractivity contribution in [3.05, 3.63) is 52.4 Å². The molecule has 0 amide bonds. The number of pyridine rings is 1. The van der Waals surface area contributed by atoms with Crippen molar-refractivity contribution < 1.29 is 5.11 Å². The smallest absolute Gasteiger partial charge is 0.177 e. The van der Waals surface area contributed by atoms with Crippen LogP contribution in [0.4, 0.5) is 0 Å². The SMILES string of the molecule is Oc1cccc(Cc2nc3ncc(Br)cc3[nH]2)c1. The van der Waals surface area contributed by atoms with E-state index in [9.17, 15) is 5.11 Å². The van der Waals surface area contributed by atoms with E-state index in [0.717, 1.165) is 21.4 Å². The summed E-state index contributed by atoms with van der Waals surface area (Å²) < 4.78 is 0.919. The van der Waals surface area contributed by atoms with Crippen molar-refractivity contribution in [2.75, 3.05) is 0 Å². The summed E-state index contributed by atoms with van der Waals surface area (Å²) in [6.07, 6.45) is 2.36. The maximum atomic E-state index is 9.42. The normalized spacial score (nSPS) is 10.9. The van der Waals surface area contributed by atoms with Crippen molar-refractivity contribution in [3.8, 4) is 5.75 Å². The van der Waals surface area contributed by atoms with Gasteiger partial charge in [-0.1, -0.05) is 12.1 Å². The van der Waals surface area contributed by atoms with Crippen molar-refractivity contribution in [3.63, 3.8) is 0 Å². The summed E-state index contributed by atoms with van der Waals surface area (Å²) in [5.74, 6) is 1.10. The number of aromatic amines is 1. The number of aromatic hydroxyl groups is 1. The molecule has 2 heterocycles. The number of nitrogens with zero attached hydrogens (tertiary/aromatic N) is 2. The van der Waals surface area contributed by atoms with Crippen LogP contribution in [0.3, 0.4) is 0 Å². The van der Waals surface area contributed by atoms with Crippen LogP contribution in [0, 0.1) is 0 Å². The van der Waals surface area contributed by atoms with Gasteiger partial charge in [0.1, 0.15) is 11.6 Å². The van der Waals surface area contributed by atoms with E-state index in [0.29, 0.717) is 12.1 Å². The van der Waals surface area contributed by atoms with E-state index in [1.54, 1.807) is 18.3 Å². The third kappa shape index (κ3) is 2.22. The van der Waals surface area contributed by atoms with Crippen LogP contribution in [0.2, 0.25) is 0 Å². The summed E-state index contributed by atoms with van der Waals surface area (Å²) in [6, 6.07) is 9.11. The number of benzene rings is 1. The average molecular weight is 304 g/mol. The molecule has 3 rings (SSSR count). The van der Waals surface area contributed by atoms with Gasteiger partial charge in [-0.15, -0.1) is 0 Å². The number of hydrogen-bond acceptors (Lipinski definition) is 3. The first-order chi connectivity index (χ1) is 8.70. The number of hydrogen-bond donors (Lipinski definition) is 2. The van der Waals surface area contributed by atoms with Crippen molar-refractivity contribution in [2.24, 2.45) is 0 Å². The van der Waals surface area contributed by atoms with Crippen LogP contribution >= 0.6 is 15.9 Å². The molecule has 0 bridgehead atoms. The number of aromatic nitrogens is 3. The fraction of sp³-hybridized carbons (Fsp3) is 0.0769. The lowest BCUT2D eigenvalue weighted by Gasteiger charge is -1.98. The van der Waals surface area contributed by atoms with E-state index in [2.05, 4.69) is 30.9 Å². The zero-order chi connectivity index (χ0) is 12.5. The van der Waals surface area contributed by atoms with Crippen LogP contribution in [0.1, 0.15) is 11.4 Å². The fourth-order valence-corrected chi connectivity index (χ4v) is 2.20. The Morgan fingerprint density at radius 2 is 2.17 bits per heavy atom. The molecule has 2 N–H and O–H groups in total. The molecule has 0 aliphatic heterocycles. The van der Waals surface area contributed by atoms with E-state index in [-0.39, 0.29) is 5.75 Å². The number of rotatable bonds is 2. The first kappa shape index (κ1) is 11.2. The molecule has 4 nitrogen and oxygen atoms in total. The molecule has 0 aliphatic rings. The number of fused-ring (bicyclic) bond motifs is 1. The molecule has 1 aromatic carbocycles. The Labute approximate surface area is 112 Å². The summed E-state index contributed by atoms with van der Waals surface area (Å²) in [5, 5.41) is 9.42. The molecule has 90 valence electrons. The van der Waals surface area contributed by atoms with Gasteiger partial charge in [-0.05, 0) is 39.7 Å². The van der Waals surface area contributed by atoms with Crippen molar-refractivity contribution in [1.29, 1.82) is 0 Å². The Morgan fingerprint density at radius 1 is 1.28 bits per heavy atom. The molecular formula is C13H10BrN3O. The van der Waals surface area contributed by atoms with E-state index in [4.69, 9.17) is 0 Å². The molecule has 0 unspecified atom stereocenters. The Hall–Kier alpha value is -1.88. The van der Waals surface area contributed by atoms with E-state index in [1.807, 2.05) is 18.2 Å². The van der Waals surface area contributed by atoms with Crippen LogP contribution in [0.15, 0.2) is 41.0 Å². The molecule has 0 saturated carbocycles. The number of imidazole rings is 1. The summed E-state index contributed by atoms with van der Waals surface area (Å²) in [4.78, 5) is 11.9. The third-order valence-electron chi connectivity index (χ3n) is 2.64. The molecule has 0 radical (unpaired) electrons. The van der Waals surface area contributed by atoms with Crippen molar-refractivity contribution >= 4 is 27.1 Å². The van der Waals surface area contributed by atoms with Gasteiger partial charge in [0, 0.05) is 17.1 Å². The summed E-state index contributed by atoms with van der Waals surface area (Å²) >= 11 is 3.37. The van der Waals surface area contributed by atoms with Crippen molar-refractivity contribution in [2.45, 2.75) is 6.42 Å². The van der Waals surface area contributed by atoms with Gasteiger partial charge in [0.2, 0.25) is 0 Å². The summed E-state index contributed by atoms with van der Waals surface area (Å²) in [5.41, 5.74) is 2.61. The van der Waals surface area contributed by atoms with Gasteiger partial charge in [-0.2, -0.15) is 0 Å². The third-order valence-corrected chi connectivity index (χ3v) is 3.07. The van der Waals surface area contributed by atoms with Gasteiger partial charge >= 0.3 is 0 Å². The van der Waals surface area contributed by atoms with Gasteiger partial charge < -0.3 is 10.1 Å². The average Bonchev–Trinajstić information content (AvgIpc) is 2.70. The lowest BCUT2D eigenvalue weighted by atomic mass is 10.1. The van der Waals surface area contributed by atoms with Crippen LogP contribution < -0.4 is 0 Å². The second kappa shape index (κ2) is 4.42. The summed E-state index contributed by atoms with van der Waals surface area (Å²) in [6.45, 7) is 0. The quantitative estimate of drug-likeness (QED) is 0.765. The highest BCUT2D eigenvalue weighted by Crippen LogP contribution is 2.18. The zero-order valence-corrected chi connectivity index (χ0v) is 11.0. The molecule has 0 atom stereocenters. The van der Waals surface area contributed by atoms with Crippen LogP contribution in [-0.4, -0.2) is 20.1 Å². The Kier molecular flexibility index (Phi) is 2.76. The van der Waals surface area contributed by atoms with E-state index in [1.165, 1.54) is 0 Å². The maximum Gasteiger partial charge on any atom is 0.177 e. The first-order valence-electron chi connectivity index (χ1n) is 5.49. The molecule has 0 fully saturated rings. The number of H-pyrrole nitrogens is 1. The monoisotopic (exact) mass is 303 g/mol. The lowest BCUT2D eigenvalue weighted by Crippen LogP contribution is -1.89. The molecule has 0 saturated heterocycles. The highest BCUT2D eigenvalue weighted by atomic mass is 79.9. The minimum Gasteiger partial charge on any atom is -0.508 e. The highest BCUT2D eigenvalue weighted by Gasteiger charge is 2.05. The zero-order valence-electron chi connectivity index (χ0n) is 9.39. The lowest BCUT2D eigenvalue weighted by molar-refractivity contribution is 0.474. The van der Waals surface area contributed by atoms with Crippen molar-refractivity contribution in [1.82, 2.24) is 15.0 Å². The number of phenolic OH excluding ortho intramolecular Hbond substituents is 1. The molecule has 3 aromatic rings. The van der Waals surface area contributed by atoms with E-state index >= 15 is 0 Å². The van der Waals surface area contributed by atoms with Gasteiger partial charge in [-0.25, -0.2) is 9.97 Å². The second-order valence-electron chi connectivity index (χ2n) is 4.05. The van der Waals surface area contributed by atoms with Gasteiger partial charge in [0.05, 0.1) is 5.52 Å². The Bertz CT molecular complexity index is 708.